The molecule has 0 unspecified atom stereocenters. The largest absolute Gasteiger partial charge is 0.465 e. The quantitative estimate of drug-likeness (QED) is 0.363. The summed E-state index contributed by atoms with van der Waals surface area (Å²) in [4.78, 5) is 40.9. The van der Waals surface area contributed by atoms with Crippen molar-refractivity contribution in [2.45, 2.75) is 27.7 Å². The lowest BCUT2D eigenvalue weighted by molar-refractivity contribution is 0.0601. The molecule has 186 valence electrons. The van der Waals surface area contributed by atoms with Crippen molar-refractivity contribution in [1.82, 2.24) is 14.3 Å². The molecule has 3 rings (SSSR count). The van der Waals surface area contributed by atoms with Gasteiger partial charge in [0.05, 0.1) is 28.9 Å². The van der Waals surface area contributed by atoms with Crippen molar-refractivity contribution in [3.63, 3.8) is 0 Å². The van der Waals surface area contributed by atoms with E-state index in [1.165, 1.54) is 11.8 Å². The number of anilines is 2. The molecule has 2 N–H and O–H groups in total. The van der Waals surface area contributed by atoms with Crippen molar-refractivity contribution in [2.24, 2.45) is 7.05 Å². The molecule has 35 heavy (non-hydrogen) atoms. The maximum absolute atomic E-state index is 13.2. The van der Waals surface area contributed by atoms with E-state index in [1.807, 2.05) is 51.1 Å². The van der Waals surface area contributed by atoms with E-state index in [-0.39, 0.29) is 22.1 Å². The maximum Gasteiger partial charge on any atom is 0.341 e. The van der Waals surface area contributed by atoms with Crippen molar-refractivity contribution in [3.05, 3.63) is 62.4 Å². The summed E-state index contributed by atoms with van der Waals surface area (Å²) in [6.07, 6.45) is 0. The first-order chi connectivity index (χ1) is 16.7. The highest BCUT2D eigenvalue weighted by atomic mass is 32.1. The van der Waals surface area contributed by atoms with Crippen molar-refractivity contribution < 1.29 is 14.3 Å². The third kappa shape index (κ3) is 5.01. The summed E-state index contributed by atoms with van der Waals surface area (Å²) in [6.45, 7) is 8.40. The zero-order valence-electron chi connectivity index (χ0n) is 20.6. The molecule has 11 heteroatoms. The predicted octanol–water partition coefficient (Wildman–Crippen LogP) is 3.93. The lowest BCUT2D eigenvalue weighted by atomic mass is 10.1. The average Bonchev–Trinajstić information content (AvgIpc) is 3.27. The molecule has 0 aliphatic rings. The van der Waals surface area contributed by atoms with Crippen LogP contribution in [0.4, 0.5) is 10.7 Å². The summed E-state index contributed by atoms with van der Waals surface area (Å²) in [5.74, 6) is -0.746. The molecule has 0 bridgehead atoms. The Hall–Kier alpha value is -3.44. The zero-order chi connectivity index (χ0) is 25.9. The van der Waals surface area contributed by atoms with Crippen LogP contribution in [0.5, 0.6) is 0 Å². The van der Waals surface area contributed by atoms with Crippen molar-refractivity contribution >= 4 is 51.2 Å². The summed E-state index contributed by atoms with van der Waals surface area (Å²) in [7, 11) is 3.07. The number of thiophene rings is 1. The zero-order valence-corrected chi connectivity index (χ0v) is 22.2. The number of methoxy groups -OCH3 is 1. The van der Waals surface area contributed by atoms with Gasteiger partial charge in [0, 0.05) is 20.1 Å². The number of aromatic nitrogens is 2. The molecule has 2 aromatic heterocycles. The molecular formula is C24H29N5O4S2. The molecule has 1 aromatic carbocycles. The lowest BCUT2D eigenvalue weighted by Gasteiger charge is -2.17. The van der Waals surface area contributed by atoms with Crippen LogP contribution in [-0.2, 0) is 11.8 Å². The number of thiocarbonyl (C=S) groups is 1. The molecule has 0 atom stereocenters. The molecule has 0 aliphatic heterocycles. The molecule has 0 saturated heterocycles. The van der Waals surface area contributed by atoms with Gasteiger partial charge in [-0.15, -0.1) is 11.3 Å². The van der Waals surface area contributed by atoms with Gasteiger partial charge in [-0.3, -0.25) is 14.3 Å². The van der Waals surface area contributed by atoms with E-state index in [2.05, 4.69) is 10.6 Å². The van der Waals surface area contributed by atoms with Crippen LogP contribution in [0.3, 0.4) is 0 Å². The molecule has 2 heterocycles. The first-order valence-electron chi connectivity index (χ1n) is 11.1. The number of hydrogen-bond donors (Lipinski definition) is 2. The average molecular weight is 516 g/mol. The van der Waals surface area contributed by atoms with E-state index >= 15 is 0 Å². The summed E-state index contributed by atoms with van der Waals surface area (Å²) in [5.41, 5.74) is 2.19. The molecule has 9 nitrogen and oxygen atoms in total. The number of carbonyl (C=O) groups excluding carboxylic acids is 2. The van der Waals surface area contributed by atoms with Crippen LogP contribution in [0.25, 0.3) is 5.69 Å². The van der Waals surface area contributed by atoms with Crippen LogP contribution in [-0.4, -0.2) is 51.5 Å². The van der Waals surface area contributed by atoms with Crippen LogP contribution < -0.4 is 16.2 Å². The Kier molecular flexibility index (Phi) is 8.13. The second-order valence-electron chi connectivity index (χ2n) is 7.74. The van der Waals surface area contributed by atoms with Crippen molar-refractivity contribution in [1.29, 1.82) is 0 Å². The third-order valence-electron chi connectivity index (χ3n) is 5.80. The van der Waals surface area contributed by atoms with Gasteiger partial charge in [0.15, 0.2) is 5.11 Å². The predicted molar refractivity (Wildman–Crippen MR) is 143 cm³/mol. The van der Waals surface area contributed by atoms with Crippen LogP contribution in [0, 0.1) is 13.8 Å². The summed E-state index contributed by atoms with van der Waals surface area (Å²) in [6, 6.07) is 9.27. The number of hydrogen-bond acceptors (Lipinski definition) is 6. The van der Waals surface area contributed by atoms with E-state index in [4.69, 9.17) is 17.0 Å². The number of nitrogens with zero attached hydrogens (tertiary/aromatic N) is 3. The third-order valence-corrected chi connectivity index (χ3v) is 7.20. The molecule has 0 radical (unpaired) electrons. The Morgan fingerprint density at radius 1 is 1.11 bits per heavy atom. The molecule has 0 aliphatic carbocycles. The number of ether oxygens (including phenoxy) is 1. The van der Waals surface area contributed by atoms with Crippen molar-refractivity contribution in [3.8, 4) is 5.69 Å². The number of carbonyl (C=O) groups is 2. The lowest BCUT2D eigenvalue weighted by Crippen LogP contribution is -2.30. The van der Waals surface area contributed by atoms with Crippen LogP contribution >= 0.6 is 23.6 Å². The van der Waals surface area contributed by atoms with Gasteiger partial charge in [-0.05, 0) is 57.6 Å². The monoisotopic (exact) mass is 515 g/mol. The topological polar surface area (TPSA) is 97.6 Å². The number of para-hydroxylation sites is 1. The minimum atomic E-state index is -0.579. The summed E-state index contributed by atoms with van der Waals surface area (Å²) in [5, 5.41) is 6.46. The Bertz CT molecular complexity index is 1320. The van der Waals surface area contributed by atoms with Gasteiger partial charge in [0.2, 0.25) is 0 Å². The molecule has 0 fully saturated rings. The Labute approximate surface area is 213 Å². The Morgan fingerprint density at radius 2 is 1.74 bits per heavy atom. The fourth-order valence-corrected chi connectivity index (χ4v) is 5.20. The Balaban J connectivity index is 1.95. The van der Waals surface area contributed by atoms with E-state index in [9.17, 15) is 14.4 Å². The van der Waals surface area contributed by atoms with Gasteiger partial charge in [-0.25, -0.2) is 9.48 Å². The Morgan fingerprint density at radius 3 is 2.31 bits per heavy atom. The van der Waals surface area contributed by atoms with E-state index in [1.54, 1.807) is 23.6 Å². The van der Waals surface area contributed by atoms with Gasteiger partial charge in [0.25, 0.3) is 11.5 Å². The van der Waals surface area contributed by atoms with Gasteiger partial charge in [-0.1, -0.05) is 18.2 Å². The first kappa shape index (κ1) is 26.2. The second-order valence-corrected chi connectivity index (χ2v) is 9.17. The van der Waals surface area contributed by atoms with Crippen LogP contribution in [0.15, 0.2) is 35.1 Å². The number of amides is 1. The van der Waals surface area contributed by atoms with Crippen LogP contribution in [0.1, 0.15) is 45.1 Å². The minimum absolute atomic E-state index is 0.115. The first-order valence-corrected chi connectivity index (χ1v) is 12.3. The standard InChI is InChI=1S/C24H29N5O4S2/c1-7-28(8-2)22(31)19-14(3)17(23(32)33-6)20(35-19)26-24(34)25-18-15(4)27(5)29(21(18)30)16-12-10-9-11-13-16/h9-13H,7-8H2,1-6H3,(H2,25,26,34). The van der Waals surface area contributed by atoms with Crippen LogP contribution in [0.2, 0.25) is 0 Å². The second kappa shape index (κ2) is 10.9. The summed E-state index contributed by atoms with van der Waals surface area (Å²) >= 11 is 6.61. The number of nitrogens with one attached hydrogen (secondary N) is 2. The highest BCUT2D eigenvalue weighted by molar-refractivity contribution is 7.80. The molecule has 0 saturated carbocycles. The maximum atomic E-state index is 13.2. The highest BCUT2D eigenvalue weighted by Crippen LogP contribution is 2.34. The van der Waals surface area contributed by atoms with E-state index < -0.39 is 5.97 Å². The molecule has 0 spiro atoms. The minimum Gasteiger partial charge on any atom is -0.465 e. The fourth-order valence-electron chi connectivity index (χ4n) is 3.77. The summed E-state index contributed by atoms with van der Waals surface area (Å²) < 4.78 is 8.23. The smallest absolute Gasteiger partial charge is 0.341 e. The number of rotatable bonds is 7. The SMILES string of the molecule is CCN(CC)C(=O)c1sc(NC(=S)Nc2c(C)n(C)n(-c3ccccc3)c2=O)c(C(=O)OC)c1C. The fraction of sp³-hybridized carbons (Fsp3) is 0.333. The number of benzene rings is 1. The number of esters is 1. The molecular weight excluding hydrogens is 486 g/mol. The highest BCUT2D eigenvalue weighted by Gasteiger charge is 2.28. The molecule has 3 aromatic rings. The van der Waals surface area contributed by atoms with Gasteiger partial charge in [-0.2, -0.15) is 0 Å². The van der Waals surface area contributed by atoms with Gasteiger partial charge < -0.3 is 20.3 Å². The molecule has 1 amide bonds. The van der Waals surface area contributed by atoms with Gasteiger partial charge >= 0.3 is 5.97 Å². The van der Waals surface area contributed by atoms with Gasteiger partial charge in [0.1, 0.15) is 10.7 Å². The van der Waals surface area contributed by atoms with E-state index in [0.717, 1.165) is 17.0 Å². The van der Waals surface area contributed by atoms with E-state index in [0.29, 0.717) is 39.9 Å². The van der Waals surface area contributed by atoms with Crippen molar-refractivity contribution in [2.75, 3.05) is 30.8 Å². The normalized spacial score (nSPS) is 10.7.